The second kappa shape index (κ2) is 4.67. The van der Waals surface area contributed by atoms with Gasteiger partial charge in [0.25, 0.3) is 0 Å². The van der Waals surface area contributed by atoms with Crippen LogP contribution in [-0.2, 0) is 0 Å². The molecule has 1 aromatic rings. The molecule has 2 heteroatoms. The molecule has 2 rings (SSSR count). The lowest BCUT2D eigenvalue weighted by atomic mass is 10.1. The number of ether oxygens (including phenoxy) is 1. The molecule has 0 amide bonds. The monoisotopic (exact) mass is 205 g/mol. The van der Waals surface area contributed by atoms with Crippen LogP contribution in [0.15, 0.2) is 18.2 Å². The normalized spacial score (nSPS) is 21.3. The fourth-order valence-electron chi connectivity index (χ4n) is 1.93. The molecule has 1 saturated heterocycles. The fourth-order valence-corrected chi connectivity index (χ4v) is 1.93. The molecule has 82 valence electrons. The maximum Gasteiger partial charge on any atom is 0.122 e. The van der Waals surface area contributed by atoms with Crippen LogP contribution >= 0.6 is 0 Å². The third-order valence-corrected chi connectivity index (χ3v) is 2.89. The van der Waals surface area contributed by atoms with E-state index in [1.54, 1.807) is 0 Å². The van der Waals surface area contributed by atoms with Crippen LogP contribution < -0.4 is 10.1 Å². The Morgan fingerprint density at radius 2 is 2.20 bits per heavy atom. The van der Waals surface area contributed by atoms with Gasteiger partial charge in [-0.25, -0.2) is 0 Å². The van der Waals surface area contributed by atoms with Crippen LogP contribution in [0.4, 0.5) is 0 Å². The molecule has 2 nitrogen and oxygen atoms in total. The molecular formula is C13H19NO. The highest BCUT2D eigenvalue weighted by Gasteiger charge is 2.15. The molecule has 15 heavy (non-hydrogen) atoms. The van der Waals surface area contributed by atoms with Crippen molar-refractivity contribution in [3.8, 4) is 5.75 Å². The largest absolute Gasteiger partial charge is 0.489 e. The lowest BCUT2D eigenvalue weighted by Crippen LogP contribution is -2.37. The van der Waals surface area contributed by atoms with E-state index in [0.717, 1.165) is 18.8 Å². The van der Waals surface area contributed by atoms with Gasteiger partial charge in [0.1, 0.15) is 11.9 Å². The number of hydrogen-bond donors (Lipinski definition) is 1. The molecular weight excluding hydrogens is 186 g/mol. The molecule has 1 fully saturated rings. The SMILES string of the molecule is Cc1ccc(C)c(O[C@H]2CCCNC2)c1. The van der Waals surface area contributed by atoms with Crippen molar-refractivity contribution in [2.75, 3.05) is 13.1 Å². The lowest BCUT2D eigenvalue weighted by molar-refractivity contribution is 0.166. The summed E-state index contributed by atoms with van der Waals surface area (Å²) >= 11 is 0. The number of rotatable bonds is 2. The molecule has 1 aliphatic rings. The molecule has 1 aliphatic heterocycles. The zero-order chi connectivity index (χ0) is 10.7. The highest BCUT2D eigenvalue weighted by atomic mass is 16.5. The van der Waals surface area contributed by atoms with E-state index in [-0.39, 0.29) is 0 Å². The molecule has 0 saturated carbocycles. The van der Waals surface area contributed by atoms with Crippen molar-refractivity contribution >= 4 is 0 Å². The van der Waals surface area contributed by atoms with Crippen LogP contribution in [0.1, 0.15) is 24.0 Å². The van der Waals surface area contributed by atoms with Crippen molar-refractivity contribution in [1.82, 2.24) is 5.32 Å². The van der Waals surface area contributed by atoms with Gasteiger partial charge in [-0.05, 0) is 50.4 Å². The number of benzene rings is 1. The molecule has 1 heterocycles. The van der Waals surface area contributed by atoms with Crippen molar-refractivity contribution in [3.63, 3.8) is 0 Å². The second-order valence-electron chi connectivity index (χ2n) is 4.36. The van der Waals surface area contributed by atoms with Gasteiger partial charge in [0.05, 0.1) is 0 Å². The van der Waals surface area contributed by atoms with E-state index in [2.05, 4.69) is 37.4 Å². The number of nitrogens with one attached hydrogen (secondary N) is 1. The Balaban J connectivity index is 2.05. The van der Waals surface area contributed by atoms with Crippen molar-refractivity contribution in [2.24, 2.45) is 0 Å². The van der Waals surface area contributed by atoms with Gasteiger partial charge < -0.3 is 10.1 Å². The van der Waals surface area contributed by atoms with E-state index in [9.17, 15) is 0 Å². The zero-order valence-corrected chi connectivity index (χ0v) is 9.55. The Hall–Kier alpha value is -1.02. The van der Waals surface area contributed by atoms with Crippen LogP contribution in [0.2, 0.25) is 0 Å². The van der Waals surface area contributed by atoms with E-state index in [1.807, 2.05) is 0 Å². The van der Waals surface area contributed by atoms with Crippen molar-refractivity contribution in [3.05, 3.63) is 29.3 Å². The molecule has 0 unspecified atom stereocenters. The van der Waals surface area contributed by atoms with Crippen LogP contribution in [0.25, 0.3) is 0 Å². The Morgan fingerprint density at radius 1 is 1.33 bits per heavy atom. The molecule has 1 N–H and O–H groups in total. The first-order valence-corrected chi connectivity index (χ1v) is 5.70. The Bertz CT molecular complexity index is 329. The van der Waals surface area contributed by atoms with Crippen LogP contribution in [-0.4, -0.2) is 19.2 Å². The lowest BCUT2D eigenvalue weighted by Gasteiger charge is -2.24. The Morgan fingerprint density at radius 3 is 2.93 bits per heavy atom. The first kappa shape index (κ1) is 10.5. The van der Waals surface area contributed by atoms with E-state index >= 15 is 0 Å². The first-order chi connectivity index (χ1) is 7.25. The molecule has 0 spiro atoms. The van der Waals surface area contributed by atoms with Crippen molar-refractivity contribution in [1.29, 1.82) is 0 Å². The highest BCUT2D eigenvalue weighted by Crippen LogP contribution is 2.22. The van der Waals surface area contributed by atoms with Gasteiger partial charge in [-0.2, -0.15) is 0 Å². The summed E-state index contributed by atoms with van der Waals surface area (Å²) in [6.45, 7) is 6.32. The maximum absolute atomic E-state index is 6.00. The van der Waals surface area contributed by atoms with E-state index in [4.69, 9.17) is 4.74 Å². The van der Waals surface area contributed by atoms with Gasteiger partial charge in [-0.15, -0.1) is 0 Å². The van der Waals surface area contributed by atoms with Crippen molar-refractivity contribution in [2.45, 2.75) is 32.8 Å². The summed E-state index contributed by atoms with van der Waals surface area (Å²) in [6, 6.07) is 6.38. The standard InChI is InChI=1S/C13H19NO/c1-10-5-6-11(2)13(8-10)15-12-4-3-7-14-9-12/h5-6,8,12,14H,3-4,7,9H2,1-2H3/t12-/m0/s1. The summed E-state index contributed by atoms with van der Waals surface area (Å²) in [5, 5.41) is 3.36. The van der Waals surface area contributed by atoms with Gasteiger partial charge in [-0.3, -0.25) is 0 Å². The molecule has 0 aliphatic carbocycles. The Kier molecular flexibility index (Phi) is 3.27. The number of hydrogen-bond acceptors (Lipinski definition) is 2. The molecule has 0 aromatic heterocycles. The minimum atomic E-state index is 0.347. The van der Waals surface area contributed by atoms with Crippen LogP contribution in [0, 0.1) is 13.8 Å². The first-order valence-electron chi connectivity index (χ1n) is 5.70. The number of piperidine rings is 1. The third-order valence-electron chi connectivity index (χ3n) is 2.89. The summed E-state index contributed by atoms with van der Waals surface area (Å²) in [4.78, 5) is 0. The third kappa shape index (κ3) is 2.72. The summed E-state index contributed by atoms with van der Waals surface area (Å²) in [7, 11) is 0. The Labute approximate surface area is 91.6 Å². The summed E-state index contributed by atoms with van der Waals surface area (Å²) in [5.41, 5.74) is 2.49. The average Bonchev–Trinajstić information content (AvgIpc) is 2.25. The second-order valence-corrected chi connectivity index (χ2v) is 4.36. The highest BCUT2D eigenvalue weighted by molar-refractivity contribution is 5.36. The number of aryl methyl sites for hydroxylation is 2. The van der Waals surface area contributed by atoms with Gasteiger partial charge >= 0.3 is 0 Å². The average molecular weight is 205 g/mol. The predicted molar refractivity (Wildman–Crippen MR) is 62.4 cm³/mol. The smallest absolute Gasteiger partial charge is 0.122 e. The summed E-state index contributed by atoms with van der Waals surface area (Å²) in [6.07, 6.45) is 2.73. The maximum atomic E-state index is 6.00. The van der Waals surface area contributed by atoms with E-state index in [0.29, 0.717) is 6.10 Å². The minimum absolute atomic E-state index is 0.347. The van der Waals surface area contributed by atoms with Gasteiger partial charge in [0.15, 0.2) is 0 Å². The minimum Gasteiger partial charge on any atom is -0.489 e. The van der Waals surface area contributed by atoms with Gasteiger partial charge in [0, 0.05) is 6.54 Å². The molecule has 0 radical (unpaired) electrons. The van der Waals surface area contributed by atoms with Gasteiger partial charge in [-0.1, -0.05) is 12.1 Å². The molecule has 1 atom stereocenters. The zero-order valence-electron chi connectivity index (χ0n) is 9.55. The van der Waals surface area contributed by atoms with E-state index < -0.39 is 0 Å². The van der Waals surface area contributed by atoms with Crippen molar-refractivity contribution < 1.29 is 4.74 Å². The summed E-state index contributed by atoms with van der Waals surface area (Å²) < 4.78 is 6.00. The predicted octanol–water partition coefficient (Wildman–Crippen LogP) is 2.43. The summed E-state index contributed by atoms with van der Waals surface area (Å²) in [5.74, 6) is 1.05. The van der Waals surface area contributed by atoms with E-state index in [1.165, 1.54) is 24.0 Å². The molecule has 0 bridgehead atoms. The van der Waals surface area contributed by atoms with Crippen LogP contribution in [0.3, 0.4) is 0 Å². The van der Waals surface area contributed by atoms with Crippen LogP contribution in [0.5, 0.6) is 5.75 Å². The fraction of sp³-hybridized carbons (Fsp3) is 0.538. The molecule has 1 aromatic carbocycles. The topological polar surface area (TPSA) is 21.3 Å². The quantitative estimate of drug-likeness (QED) is 0.800. The van der Waals surface area contributed by atoms with Gasteiger partial charge in [0.2, 0.25) is 0 Å².